The molecule has 19 heavy (non-hydrogen) atoms. The summed E-state index contributed by atoms with van der Waals surface area (Å²) in [6, 6.07) is 4.75. The molecule has 0 bridgehead atoms. The van der Waals surface area contributed by atoms with Gasteiger partial charge in [0, 0.05) is 17.9 Å². The standard InChI is InChI=1S/C17H25NO/c1-11-8-12(2)13(3)14(9-11)19-16-10-15(18)17(16)6-4-5-7-17/h8-9,15-16H,4-7,10,18H2,1-3H3. The molecule has 2 saturated carbocycles. The largest absolute Gasteiger partial charge is 0.489 e. The van der Waals surface area contributed by atoms with Crippen molar-refractivity contribution in [3.8, 4) is 5.75 Å². The highest BCUT2D eigenvalue weighted by Crippen LogP contribution is 2.54. The van der Waals surface area contributed by atoms with Crippen LogP contribution in [-0.4, -0.2) is 12.1 Å². The fourth-order valence-electron chi connectivity index (χ4n) is 3.95. The quantitative estimate of drug-likeness (QED) is 0.880. The van der Waals surface area contributed by atoms with Crippen LogP contribution in [0.25, 0.3) is 0 Å². The van der Waals surface area contributed by atoms with Crippen LogP contribution >= 0.6 is 0 Å². The molecule has 0 radical (unpaired) electrons. The van der Waals surface area contributed by atoms with Crippen LogP contribution in [0.5, 0.6) is 5.75 Å². The van der Waals surface area contributed by atoms with Crippen molar-refractivity contribution in [1.82, 2.24) is 0 Å². The van der Waals surface area contributed by atoms with Gasteiger partial charge in [-0.25, -0.2) is 0 Å². The van der Waals surface area contributed by atoms with Crippen molar-refractivity contribution in [3.63, 3.8) is 0 Å². The molecule has 1 spiro atoms. The molecule has 2 fully saturated rings. The third-order valence-corrected chi connectivity index (χ3v) is 5.42. The van der Waals surface area contributed by atoms with Gasteiger partial charge in [-0.2, -0.15) is 0 Å². The van der Waals surface area contributed by atoms with Gasteiger partial charge in [0.2, 0.25) is 0 Å². The lowest BCUT2D eigenvalue weighted by molar-refractivity contribution is -0.0623. The maximum atomic E-state index is 6.37. The molecule has 1 aromatic rings. The van der Waals surface area contributed by atoms with Gasteiger partial charge in [-0.15, -0.1) is 0 Å². The molecular formula is C17H25NO. The highest BCUT2D eigenvalue weighted by Gasteiger charge is 2.56. The second-order valence-electron chi connectivity index (χ2n) is 6.59. The minimum atomic E-state index is 0.282. The Hall–Kier alpha value is -1.02. The van der Waals surface area contributed by atoms with E-state index in [4.69, 9.17) is 10.5 Å². The summed E-state index contributed by atoms with van der Waals surface area (Å²) in [5.74, 6) is 1.07. The fourth-order valence-corrected chi connectivity index (χ4v) is 3.95. The molecule has 0 aromatic heterocycles. The minimum absolute atomic E-state index is 0.282. The Kier molecular flexibility index (Phi) is 3.09. The van der Waals surface area contributed by atoms with E-state index in [1.165, 1.54) is 42.4 Å². The maximum absolute atomic E-state index is 6.37. The Morgan fingerprint density at radius 3 is 2.47 bits per heavy atom. The van der Waals surface area contributed by atoms with E-state index in [1.54, 1.807) is 0 Å². The van der Waals surface area contributed by atoms with Gasteiger partial charge in [0.05, 0.1) is 0 Å². The smallest absolute Gasteiger partial charge is 0.123 e. The zero-order valence-electron chi connectivity index (χ0n) is 12.3. The first-order valence-corrected chi connectivity index (χ1v) is 7.53. The summed E-state index contributed by atoms with van der Waals surface area (Å²) in [5.41, 5.74) is 10.4. The highest BCUT2D eigenvalue weighted by molar-refractivity contribution is 5.42. The Labute approximate surface area is 116 Å². The summed E-state index contributed by atoms with van der Waals surface area (Å²) in [7, 11) is 0. The second-order valence-corrected chi connectivity index (χ2v) is 6.59. The van der Waals surface area contributed by atoms with Gasteiger partial charge in [-0.3, -0.25) is 0 Å². The van der Waals surface area contributed by atoms with E-state index >= 15 is 0 Å². The summed E-state index contributed by atoms with van der Waals surface area (Å²) in [6.45, 7) is 6.45. The van der Waals surface area contributed by atoms with E-state index < -0.39 is 0 Å². The van der Waals surface area contributed by atoms with E-state index in [1.807, 2.05) is 0 Å². The number of rotatable bonds is 2. The average molecular weight is 259 g/mol. The minimum Gasteiger partial charge on any atom is -0.489 e. The molecule has 2 unspecified atom stereocenters. The van der Waals surface area contributed by atoms with E-state index in [-0.39, 0.29) is 5.41 Å². The van der Waals surface area contributed by atoms with Gasteiger partial charge in [0.25, 0.3) is 0 Å². The van der Waals surface area contributed by atoms with Crippen molar-refractivity contribution in [2.45, 2.75) is 65.0 Å². The van der Waals surface area contributed by atoms with Crippen LogP contribution in [-0.2, 0) is 0 Å². The van der Waals surface area contributed by atoms with E-state index in [2.05, 4.69) is 32.9 Å². The number of nitrogens with two attached hydrogens (primary N) is 1. The van der Waals surface area contributed by atoms with Gasteiger partial charge >= 0.3 is 0 Å². The van der Waals surface area contributed by atoms with Crippen LogP contribution in [0.4, 0.5) is 0 Å². The second kappa shape index (κ2) is 4.52. The van der Waals surface area contributed by atoms with E-state index in [0.717, 1.165) is 12.2 Å². The Bertz CT molecular complexity index is 488. The molecule has 0 aliphatic heterocycles. The highest BCUT2D eigenvalue weighted by atomic mass is 16.5. The Morgan fingerprint density at radius 1 is 1.16 bits per heavy atom. The van der Waals surface area contributed by atoms with Crippen molar-refractivity contribution in [1.29, 1.82) is 0 Å². The third-order valence-electron chi connectivity index (χ3n) is 5.42. The lowest BCUT2D eigenvalue weighted by Gasteiger charge is -2.52. The van der Waals surface area contributed by atoms with Gasteiger partial charge in [0.1, 0.15) is 11.9 Å². The van der Waals surface area contributed by atoms with Crippen LogP contribution in [0.15, 0.2) is 12.1 Å². The van der Waals surface area contributed by atoms with Crippen LogP contribution in [0.2, 0.25) is 0 Å². The van der Waals surface area contributed by atoms with Gasteiger partial charge in [0.15, 0.2) is 0 Å². The average Bonchev–Trinajstić information content (AvgIpc) is 2.87. The van der Waals surface area contributed by atoms with Crippen LogP contribution in [0.3, 0.4) is 0 Å². The zero-order chi connectivity index (χ0) is 13.6. The molecule has 2 aliphatic rings. The normalized spacial score (nSPS) is 28.4. The van der Waals surface area contributed by atoms with Crippen LogP contribution in [0.1, 0.15) is 48.8 Å². The topological polar surface area (TPSA) is 35.2 Å². The van der Waals surface area contributed by atoms with Crippen LogP contribution in [0, 0.1) is 26.2 Å². The van der Waals surface area contributed by atoms with Crippen molar-refractivity contribution in [2.24, 2.45) is 11.1 Å². The molecule has 104 valence electrons. The molecule has 1 aromatic carbocycles. The summed E-state index contributed by atoms with van der Waals surface area (Å²) in [4.78, 5) is 0. The first-order chi connectivity index (χ1) is 9.03. The molecule has 3 rings (SSSR count). The molecule has 2 atom stereocenters. The van der Waals surface area contributed by atoms with Gasteiger partial charge < -0.3 is 10.5 Å². The Morgan fingerprint density at radius 2 is 1.84 bits per heavy atom. The van der Waals surface area contributed by atoms with Gasteiger partial charge in [-0.05, 0) is 56.4 Å². The number of hydrogen-bond donors (Lipinski definition) is 1. The van der Waals surface area contributed by atoms with E-state index in [0.29, 0.717) is 12.1 Å². The van der Waals surface area contributed by atoms with Crippen molar-refractivity contribution in [3.05, 3.63) is 28.8 Å². The predicted molar refractivity (Wildman–Crippen MR) is 78.6 cm³/mol. The molecule has 2 heteroatoms. The fraction of sp³-hybridized carbons (Fsp3) is 0.647. The summed E-state index contributed by atoms with van der Waals surface area (Å²) in [6.07, 6.45) is 6.50. The first kappa shape index (κ1) is 13.0. The van der Waals surface area contributed by atoms with Crippen molar-refractivity contribution >= 4 is 0 Å². The monoisotopic (exact) mass is 259 g/mol. The molecule has 2 N–H and O–H groups in total. The molecule has 0 heterocycles. The molecular weight excluding hydrogens is 234 g/mol. The SMILES string of the molecule is Cc1cc(C)c(C)c(OC2CC(N)C23CCCC3)c1. The molecule has 2 nitrogen and oxygen atoms in total. The predicted octanol–water partition coefficient (Wildman–Crippen LogP) is 3.65. The number of hydrogen-bond acceptors (Lipinski definition) is 2. The molecule has 2 aliphatic carbocycles. The Balaban J connectivity index is 1.83. The number of aryl methyl sites for hydroxylation is 2. The molecule has 0 saturated heterocycles. The van der Waals surface area contributed by atoms with E-state index in [9.17, 15) is 0 Å². The maximum Gasteiger partial charge on any atom is 0.123 e. The first-order valence-electron chi connectivity index (χ1n) is 7.53. The van der Waals surface area contributed by atoms with Crippen LogP contribution < -0.4 is 10.5 Å². The number of benzene rings is 1. The summed E-state index contributed by atoms with van der Waals surface area (Å²) in [5, 5.41) is 0. The van der Waals surface area contributed by atoms with Crippen molar-refractivity contribution in [2.75, 3.05) is 0 Å². The van der Waals surface area contributed by atoms with Crippen molar-refractivity contribution < 1.29 is 4.74 Å². The molecule has 0 amide bonds. The summed E-state index contributed by atoms with van der Waals surface area (Å²) < 4.78 is 6.37. The summed E-state index contributed by atoms with van der Waals surface area (Å²) >= 11 is 0. The third kappa shape index (κ3) is 1.97. The lowest BCUT2D eigenvalue weighted by atomic mass is 9.61. The number of ether oxygens (including phenoxy) is 1. The zero-order valence-corrected chi connectivity index (χ0v) is 12.3. The lowest BCUT2D eigenvalue weighted by Crippen LogP contribution is -2.62. The van der Waals surface area contributed by atoms with Gasteiger partial charge in [-0.1, -0.05) is 18.9 Å².